The van der Waals surface area contributed by atoms with E-state index in [9.17, 15) is 9.59 Å². The van der Waals surface area contributed by atoms with Crippen LogP contribution in [0.5, 0.6) is 0 Å². The van der Waals surface area contributed by atoms with E-state index in [-0.39, 0.29) is 11.5 Å². The normalized spacial score (nSPS) is 12.3. The van der Waals surface area contributed by atoms with Gasteiger partial charge in [-0.05, 0) is 40.2 Å². The summed E-state index contributed by atoms with van der Waals surface area (Å²) in [6.45, 7) is 11.1. The fourth-order valence-electron chi connectivity index (χ4n) is 2.33. The van der Waals surface area contributed by atoms with Crippen LogP contribution in [-0.2, 0) is 25.7 Å². The zero-order valence-corrected chi connectivity index (χ0v) is 17.0. The second kappa shape index (κ2) is 11.3. The van der Waals surface area contributed by atoms with Crippen LogP contribution in [-0.4, -0.2) is 42.1 Å². The highest BCUT2D eigenvalue weighted by atomic mass is 16.6. The van der Waals surface area contributed by atoms with Gasteiger partial charge in [0.1, 0.15) is 5.60 Å². The number of ether oxygens (including phenoxy) is 2. The summed E-state index contributed by atoms with van der Waals surface area (Å²) in [5.41, 5.74) is 0.755. The van der Waals surface area contributed by atoms with Crippen LogP contribution < -0.4 is 0 Å². The molecule has 0 radical (unpaired) electrons. The number of carbonyl (C=O) groups is 2. The molecule has 1 amide bonds. The van der Waals surface area contributed by atoms with Crippen molar-refractivity contribution in [1.82, 2.24) is 4.90 Å². The van der Waals surface area contributed by atoms with Crippen molar-refractivity contribution in [3.8, 4) is 0 Å². The Balaban J connectivity index is 2.77. The highest BCUT2D eigenvalue weighted by Crippen LogP contribution is 2.11. The third-order valence-corrected chi connectivity index (χ3v) is 3.60. The Kier molecular flexibility index (Phi) is 9.51. The van der Waals surface area contributed by atoms with Crippen molar-refractivity contribution in [3.63, 3.8) is 0 Å². The zero-order chi connectivity index (χ0) is 20.3. The topological polar surface area (TPSA) is 55.8 Å². The van der Waals surface area contributed by atoms with Crippen LogP contribution in [0.4, 0.5) is 0 Å². The number of hydrogen-bond acceptors (Lipinski definition) is 4. The highest BCUT2D eigenvalue weighted by Gasteiger charge is 2.18. The molecule has 0 saturated heterocycles. The van der Waals surface area contributed by atoms with Gasteiger partial charge in [-0.3, -0.25) is 4.79 Å². The zero-order valence-electron chi connectivity index (χ0n) is 17.0. The second-order valence-corrected chi connectivity index (χ2v) is 7.01. The fraction of sp³-hybridized carbons (Fsp3) is 0.455. The number of benzene rings is 1. The van der Waals surface area contributed by atoms with E-state index in [1.807, 2.05) is 44.2 Å². The van der Waals surface area contributed by atoms with Gasteiger partial charge in [0.2, 0.25) is 0 Å². The standard InChI is InChI=1S/C22H31NO4/c1-6-23(7-2)21(25)19(16-20(24)27-22(3,4)5)14-11-15-26-17-18-12-9-8-10-13-18/h8-14,16H,6-7,15,17H2,1-5H3/b14-11+,19-16-. The average molecular weight is 373 g/mol. The Hall–Kier alpha value is -2.40. The first-order valence-corrected chi connectivity index (χ1v) is 9.29. The van der Waals surface area contributed by atoms with E-state index in [4.69, 9.17) is 9.47 Å². The van der Waals surface area contributed by atoms with E-state index < -0.39 is 11.6 Å². The van der Waals surface area contributed by atoms with Crippen LogP contribution in [0, 0.1) is 0 Å². The van der Waals surface area contributed by atoms with Gasteiger partial charge >= 0.3 is 5.97 Å². The number of rotatable bonds is 9. The first-order valence-electron chi connectivity index (χ1n) is 9.29. The summed E-state index contributed by atoms with van der Waals surface area (Å²) in [5.74, 6) is -0.738. The molecule has 0 aromatic heterocycles. The van der Waals surface area contributed by atoms with Crippen molar-refractivity contribution in [2.24, 2.45) is 0 Å². The molecule has 0 aliphatic carbocycles. The minimum Gasteiger partial charge on any atom is -0.457 e. The first kappa shape index (κ1) is 22.6. The van der Waals surface area contributed by atoms with Gasteiger partial charge in [0.25, 0.3) is 5.91 Å². The van der Waals surface area contributed by atoms with Gasteiger partial charge in [0.15, 0.2) is 0 Å². The van der Waals surface area contributed by atoms with E-state index in [1.54, 1.807) is 37.8 Å². The average Bonchev–Trinajstić information content (AvgIpc) is 2.60. The molecule has 0 heterocycles. The molecular formula is C22H31NO4. The molecule has 0 unspecified atom stereocenters. The molecule has 0 aliphatic heterocycles. The van der Waals surface area contributed by atoms with Crippen LogP contribution in [0.2, 0.25) is 0 Å². The third-order valence-electron chi connectivity index (χ3n) is 3.60. The Labute approximate surface area is 162 Å². The molecular weight excluding hydrogens is 342 g/mol. The maximum atomic E-state index is 12.6. The molecule has 0 spiro atoms. The summed E-state index contributed by atoms with van der Waals surface area (Å²) in [7, 11) is 0. The number of likely N-dealkylation sites (N-methyl/N-ethyl adjacent to an activating group) is 1. The SMILES string of the molecule is CCN(CC)C(=O)C(=C\C(=O)OC(C)(C)C)/C=C/COCc1ccccc1. The summed E-state index contributed by atoms with van der Waals surface area (Å²) < 4.78 is 10.9. The van der Waals surface area contributed by atoms with Crippen molar-refractivity contribution in [3.05, 3.63) is 59.7 Å². The Morgan fingerprint density at radius 1 is 1.07 bits per heavy atom. The van der Waals surface area contributed by atoms with Gasteiger partial charge in [0, 0.05) is 24.7 Å². The smallest absolute Gasteiger partial charge is 0.332 e. The summed E-state index contributed by atoms with van der Waals surface area (Å²) in [4.78, 5) is 26.4. The maximum Gasteiger partial charge on any atom is 0.332 e. The molecule has 0 aliphatic rings. The molecule has 1 rings (SSSR count). The molecule has 148 valence electrons. The van der Waals surface area contributed by atoms with Gasteiger partial charge in [-0.25, -0.2) is 4.79 Å². The summed E-state index contributed by atoms with van der Waals surface area (Å²) >= 11 is 0. The van der Waals surface area contributed by atoms with Crippen LogP contribution >= 0.6 is 0 Å². The van der Waals surface area contributed by atoms with E-state index in [0.29, 0.717) is 26.3 Å². The predicted octanol–water partition coefficient (Wildman–Crippen LogP) is 3.90. The number of nitrogens with zero attached hydrogens (tertiary/aromatic N) is 1. The lowest BCUT2D eigenvalue weighted by molar-refractivity contribution is -0.148. The van der Waals surface area contributed by atoms with Crippen LogP contribution in [0.25, 0.3) is 0 Å². The number of hydrogen-bond donors (Lipinski definition) is 0. The summed E-state index contributed by atoms with van der Waals surface area (Å²) in [5, 5.41) is 0. The molecule has 0 N–H and O–H groups in total. The molecule has 0 fully saturated rings. The van der Waals surface area contributed by atoms with Gasteiger partial charge in [0.05, 0.1) is 13.2 Å². The third kappa shape index (κ3) is 9.20. The number of amides is 1. The lowest BCUT2D eigenvalue weighted by atomic mass is 10.1. The van der Waals surface area contributed by atoms with Crippen molar-refractivity contribution in [2.45, 2.75) is 46.8 Å². The van der Waals surface area contributed by atoms with Crippen molar-refractivity contribution in [2.75, 3.05) is 19.7 Å². The van der Waals surface area contributed by atoms with Crippen molar-refractivity contribution < 1.29 is 19.1 Å². The minimum atomic E-state index is -0.612. The van der Waals surface area contributed by atoms with E-state index in [0.717, 1.165) is 5.56 Å². The van der Waals surface area contributed by atoms with Crippen LogP contribution in [0.3, 0.4) is 0 Å². The number of carbonyl (C=O) groups excluding carboxylic acids is 2. The van der Waals surface area contributed by atoms with E-state index in [2.05, 4.69) is 0 Å². The number of esters is 1. The molecule has 5 nitrogen and oxygen atoms in total. The molecule has 0 saturated carbocycles. The fourth-order valence-corrected chi connectivity index (χ4v) is 2.33. The van der Waals surface area contributed by atoms with Gasteiger partial charge in [-0.15, -0.1) is 0 Å². The Morgan fingerprint density at radius 2 is 1.70 bits per heavy atom. The molecule has 0 atom stereocenters. The Morgan fingerprint density at radius 3 is 2.26 bits per heavy atom. The molecule has 1 aromatic carbocycles. The van der Waals surface area contributed by atoms with Gasteiger partial charge < -0.3 is 14.4 Å². The van der Waals surface area contributed by atoms with Crippen LogP contribution in [0.1, 0.15) is 40.2 Å². The summed E-state index contributed by atoms with van der Waals surface area (Å²) in [6.07, 6.45) is 4.61. The van der Waals surface area contributed by atoms with E-state index in [1.165, 1.54) is 6.08 Å². The summed E-state index contributed by atoms with van der Waals surface area (Å²) in [6, 6.07) is 9.84. The predicted molar refractivity (Wildman–Crippen MR) is 107 cm³/mol. The molecule has 5 heteroatoms. The second-order valence-electron chi connectivity index (χ2n) is 7.01. The highest BCUT2D eigenvalue weighted by molar-refractivity contribution is 6.01. The molecule has 27 heavy (non-hydrogen) atoms. The Bertz CT molecular complexity index is 653. The maximum absolute atomic E-state index is 12.6. The van der Waals surface area contributed by atoms with Gasteiger partial charge in [-0.2, -0.15) is 0 Å². The largest absolute Gasteiger partial charge is 0.457 e. The quantitative estimate of drug-likeness (QED) is 0.285. The van der Waals surface area contributed by atoms with Crippen molar-refractivity contribution in [1.29, 1.82) is 0 Å². The first-order chi connectivity index (χ1) is 12.8. The van der Waals surface area contributed by atoms with Crippen molar-refractivity contribution >= 4 is 11.9 Å². The minimum absolute atomic E-state index is 0.204. The molecule has 1 aromatic rings. The molecule has 0 bridgehead atoms. The monoisotopic (exact) mass is 373 g/mol. The van der Waals surface area contributed by atoms with Gasteiger partial charge in [-0.1, -0.05) is 42.5 Å². The lowest BCUT2D eigenvalue weighted by Gasteiger charge is -2.20. The lowest BCUT2D eigenvalue weighted by Crippen LogP contribution is -2.32. The van der Waals surface area contributed by atoms with E-state index >= 15 is 0 Å². The van der Waals surface area contributed by atoms with Crippen LogP contribution in [0.15, 0.2) is 54.1 Å².